The lowest BCUT2D eigenvalue weighted by Gasteiger charge is -2.36. The minimum absolute atomic E-state index is 0.0110. The zero-order valence-electron chi connectivity index (χ0n) is 15.0. The molecule has 142 valence electrons. The van der Waals surface area contributed by atoms with Crippen molar-refractivity contribution in [3.05, 3.63) is 57.9 Å². The maximum absolute atomic E-state index is 13.2. The van der Waals surface area contributed by atoms with E-state index < -0.39 is 4.92 Å². The number of pyridine rings is 1. The van der Waals surface area contributed by atoms with Crippen molar-refractivity contribution in [3.63, 3.8) is 0 Å². The van der Waals surface area contributed by atoms with E-state index in [0.717, 1.165) is 5.56 Å². The fraction of sp³-hybridized carbons (Fsp3) is 0.333. The maximum atomic E-state index is 13.2. The Kier molecular flexibility index (Phi) is 5.51. The van der Waals surface area contributed by atoms with Gasteiger partial charge >= 0.3 is 5.69 Å². The van der Waals surface area contributed by atoms with Gasteiger partial charge in [0.05, 0.1) is 30.7 Å². The summed E-state index contributed by atoms with van der Waals surface area (Å²) in [5, 5.41) is 14.7. The number of piperazine rings is 1. The Morgan fingerprint density at radius 1 is 1.37 bits per heavy atom. The Morgan fingerprint density at radius 3 is 2.81 bits per heavy atom. The van der Waals surface area contributed by atoms with Gasteiger partial charge in [0.15, 0.2) is 5.75 Å². The van der Waals surface area contributed by atoms with Crippen LogP contribution in [0.5, 0.6) is 11.5 Å². The van der Waals surface area contributed by atoms with Gasteiger partial charge < -0.3 is 19.7 Å². The Balaban J connectivity index is 2.01. The molecule has 0 saturated carbocycles. The van der Waals surface area contributed by atoms with Crippen LogP contribution in [0.25, 0.3) is 0 Å². The summed E-state index contributed by atoms with van der Waals surface area (Å²) in [6.45, 7) is 1.69. The Bertz CT molecular complexity index is 843. The molecule has 3 rings (SSSR count). The molecule has 2 aromatic rings. The van der Waals surface area contributed by atoms with Crippen LogP contribution in [0.15, 0.2) is 36.7 Å². The number of nitrogens with one attached hydrogen (secondary N) is 1. The largest absolute Gasteiger partial charge is 0.493 e. The molecule has 2 heterocycles. The summed E-state index contributed by atoms with van der Waals surface area (Å²) in [6.07, 6.45) is 3.39. The van der Waals surface area contributed by atoms with Crippen molar-refractivity contribution in [2.24, 2.45) is 0 Å². The van der Waals surface area contributed by atoms with Crippen LogP contribution >= 0.6 is 0 Å². The van der Waals surface area contributed by atoms with Crippen molar-refractivity contribution in [3.8, 4) is 11.5 Å². The molecule has 9 nitrogen and oxygen atoms in total. The van der Waals surface area contributed by atoms with Crippen LogP contribution < -0.4 is 14.8 Å². The maximum Gasteiger partial charge on any atom is 0.315 e. The van der Waals surface area contributed by atoms with Gasteiger partial charge in [-0.1, -0.05) is 6.07 Å². The molecule has 0 spiro atoms. The van der Waals surface area contributed by atoms with Crippen LogP contribution in [0.3, 0.4) is 0 Å². The van der Waals surface area contributed by atoms with E-state index in [2.05, 4.69) is 10.3 Å². The highest BCUT2D eigenvalue weighted by atomic mass is 16.6. The lowest BCUT2D eigenvalue weighted by atomic mass is 10.0. The van der Waals surface area contributed by atoms with E-state index in [4.69, 9.17) is 9.47 Å². The zero-order chi connectivity index (χ0) is 19.4. The first-order chi connectivity index (χ1) is 13.1. The second-order valence-corrected chi connectivity index (χ2v) is 5.99. The van der Waals surface area contributed by atoms with Crippen molar-refractivity contribution < 1.29 is 19.2 Å². The van der Waals surface area contributed by atoms with E-state index in [0.29, 0.717) is 19.6 Å². The average Bonchev–Trinajstić information content (AvgIpc) is 2.72. The van der Waals surface area contributed by atoms with Crippen LogP contribution in [0.2, 0.25) is 0 Å². The second-order valence-electron chi connectivity index (χ2n) is 5.99. The number of nitrogens with zero attached hydrogens (tertiary/aromatic N) is 3. The molecule has 1 aromatic heterocycles. The number of hydrogen-bond acceptors (Lipinski definition) is 7. The van der Waals surface area contributed by atoms with Gasteiger partial charge in [-0.15, -0.1) is 0 Å². The third-order valence-electron chi connectivity index (χ3n) is 4.48. The molecule has 0 radical (unpaired) electrons. The lowest BCUT2D eigenvalue weighted by Crippen LogP contribution is -2.48. The summed E-state index contributed by atoms with van der Waals surface area (Å²) in [4.78, 5) is 29.8. The third kappa shape index (κ3) is 3.68. The van der Waals surface area contributed by atoms with Crippen molar-refractivity contribution in [2.75, 3.05) is 33.9 Å². The normalized spacial score (nSPS) is 16.7. The van der Waals surface area contributed by atoms with E-state index in [1.165, 1.54) is 26.4 Å². The summed E-state index contributed by atoms with van der Waals surface area (Å²) in [6, 6.07) is 6.20. The van der Waals surface area contributed by atoms with Gasteiger partial charge in [-0.25, -0.2) is 0 Å². The number of ether oxygens (including phenoxy) is 2. The molecule has 1 aliphatic rings. The number of hydrogen-bond donors (Lipinski definition) is 1. The van der Waals surface area contributed by atoms with Crippen LogP contribution in [0, 0.1) is 10.1 Å². The number of nitro groups is 1. The molecule has 1 amide bonds. The van der Waals surface area contributed by atoms with E-state index in [1.54, 1.807) is 17.3 Å². The number of aromatic nitrogens is 1. The summed E-state index contributed by atoms with van der Waals surface area (Å²) in [5.74, 6) is -0.180. The van der Waals surface area contributed by atoms with E-state index >= 15 is 0 Å². The SMILES string of the molecule is COc1cc(C(=O)N2CCNCC2c2cccnc2)cc([N+](=O)[O-])c1OC. The van der Waals surface area contributed by atoms with Gasteiger partial charge in [0.2, 0.25) is 5.75 Å². The number of carbonyl (C=O) groups is 1. The number of nitro benzene ring substituents is 1. The number of benzene rings is 1. The third-order valence-corrected chi connectivity index (χ3v) is 4.48. The zero-order valence-corrected chi connectivity index (χ0v) is 15.0. The van der Waals surface area contributed by atoms with Crippen LogP contribution in [0.4, 0.5) is 5.69 Å². The topological polar surface area (TPSA) is 107 Å². The minimum Gasteiger partial charge on any atom is -0.493 e. The minimum atomic E-state index is -0.589. The van der Waals surface area contributed by atoms with Gasteiger partial charge in [0, 0.05) is 38.1 Å². The van der Waals surface area contributed by atoms with Crippen molar-refractivity contribution in [1.82, 2.24) is 15.2 Å². The van der Waals surface area contributed by atoms with Gasteiger partial charge in [-0.2, -0.15) is 0 Å². The molecular formula is C18H20N4O5. The second kappa shape index (κ2) is 8.00. The predicted octanol–water partition coefficient (Wildman–Crippen LogP) is 1.79. The number of methoxy groups -OCH3 is 2. The smallest absolute Gasteiger partial charge is 0.315 e. The van der Waals surface area contributed by atoms with E-state index in [1.807, 2.05) is 12.1 Å². The van der Waals surface area contributed by atoms with E-state index in [-0.39, 0.29) is 34.7 Å². The van der Waals surface area contributed by atoms with Gasteiger partial charge in [-0.05, 0) is 17.7 Å². The first-order valence-electron chi connectivity index (χ1n) is 8.38. The van der Waals surface area contributed by atoms with Crippen molar-refractivity contribution >= 4 is 11.6 Å². The predicted molar refractivity (Wildman–Crippen MR) is 97.1 cm³/mol. The summed E-state index contributed by atoms with van der Waals surface area (Å²) < 4.78 is 10.3. The first kappa shape index (κ1) is 18.6. The first-order valence-corrected chi connectivity index (χ1v) is 8.38. The monoisotopic (exact) mass is 372 g/mol. The molecule has 1 fully saturated rings. The highest BCUT2D eigenvalue weighted by Gasteiger charge is 2.31. The van der Waals surface area contributed by atoms with E-state index in [9.17, 15) is 14.9 Å². The molecule has 0 bridgehead atoms. The summed E-state index contributed by atoms with van der Waals surface area (Å²) in [7, 11) is 2.69. The highest BCUT2D eigenvalue weighted by molar-refractivity contribution is 5.96. The molecule has 1 aliphatic heterocycles. The lowest BCUT2D eigenvalue weighted by molar-refractivity contribution is -0.385. The van der Waals surface area contributed by atoms with Crippen LogP contribution in [0.1, 0.15) is 22.0 Å². The molecule has 27 heavy (non-hydrogen) atoms. The molecule has 1 atom stereocenters. The number of amides is 1. The fourth-order valence-corrected chi connectivity index (χ4v) is 3.19. The molecule has 1 aromatic carbocycles. The molecule has 1 N–H and O–H groups in total. The summed E-state index contributed by atoms with van der Waals surface area (Å²) in [5.41, 5.74) is 0.761. The quantitative estimate of drug-likeness (QED) is 0.630. The van der Waals surface area contributed by atoms with Crippen molar-refractivity contribution in [1.29, 1.82) is 0 Å². The molecular weight excluding hydrogens is 352 g/mol. The van der Waals surface area contributed by atoms with Gasteiger partial charge in [0.1, 0.15) is 0 Å². The average molecular weight is 372 g/mol. The van der Waals surface area contributed by atoms with Gasteiger partial charge in [0.25, 0.3) is 5.91 Å². The van der Waals surface area contributed by atoms with Crippen LogP contribution in [-0.4, -0.2) is 54.6 Å². The fourth-order valence-electron chi connectivity index (χ4n) is 3.19. The Morgan fingerprint density at radius 2 is 2.19 bits per heavy atom. The molecule has 9 heteroatoms. The standard InChI is InChI=1S/C18H20N4O5/c1-26-16-9-13(8-14(22(24)25)17(16)27-2)18(23)21-7-6-20-11-15(21)12-4-3-5-19-10-12/h3-5,8-10,15,20H,6-7,11H2,1-2H3. The van der Waals surface area contributed by atoms with Gasteiger partial charge in [-0.3, -0.25) is 19.9 Å². The number of rotatable bonds is 5. The Labute approximate surface area is 156 Å². The Hall–Kier alpha value is -3.20. The molecule has 1 unspecified atom stereocenters. The van der Waals surface area contributed by atoms with Crippen molar-refractivity contribution in [2.45, 2.75) is 6.04 Å². The summed E-state index contributed by atoms with van der Waals surface area (Å²) >= 11 is 0. The van der Waals surface area contributed by atoms with Crippen LogP contribution in [-0.2, 0) is 0 Å². The molecule has 0 aliphatic carbocycles. The number of carbonyl (C=O) groups excluding carboxylic acids is 1. The highest BCUT2D eigenvalue weighted by Crippen LogP contribution is 2.38. The molecule has 1 saturated heterocycles.